The predicted octanol–water partition coefficient (Wildman–Crippen LogP) is 1.69. The molecule has 0 bridgehead atoms. The van der Waals surface area contributed by atoms with E-state index in [1.807, 2.05) is 6.07 Å². The van der Waals surface area contributed by atoms with E-state index >= 15 is 0 Å². The fraction of sp³-hybridized carbons (Fsp3) is 0.286. The molecular formula is C21H21N3O4. The molecule has 4 rings (SSSR count). The molecule has 0 aliphatic carbocycles. The number of pyridine rings is 1. The Labute approximate surface area is 162 Å². The lowest BCUT2D eigenvalue weighted by Crippen LogP contribution is -2.34. The summed E-state index contributed by atoms with van der Waals surface area (Å²) in [6, 6.07) is 10.5. The number of aliphatic hydroxyl groups excluding tert-OH is 1. The number of aromatic carboxylic acids is 1. The molecule has 3 N–H and O–H groups in total. The zero-order valence-corrected chi connectivity index (χ0v) is 15.2. The lowest BCUT2D eigenvalue weighted by atomic mass is 9.91. The molecule has 7 nitrogen and oxygen atoms in total. The molecule has 0 radical (unpaired) electrons. The van der Waals surface area contributed by atoms with Crippen molar-refractivity contribution in [2.75, 3.05) is 19.7 Å². The molecule has 0 saturated carbocycles. The van der Waals surface area contributed by atoms with E-state index in [1.54, 1.807) is 47.6 Å². The van der Waals surface area contributed by atoms with Crippen molar-refractivity contribution in [3.63, 3.8) is 0 Å². The quantitative estimate of drug-likeness (QED) is 0.706. The number of hydrogen-bond acceptors (Lipinski definition) is 5. The van der Waals surface area contributed by atoms with Gasteiger partial charge in [0.05, 0.1) is 24.1 Å². The molecule has 3 heterocycles. The molecule has 1 aromatic heterocycles. The Hall–Kier alpha value is -3.19. The van der Waals surface area contributed by atoms with Gasteiger partial charge < -0.3 is 20.4 Å². The number of carbonyl (C=O) groups excluding carboxylic acids is 1. The van der Waals surface area contributed by atoms with Crippen LogP contribution in [0.1, 0.15) is 39.9 Å². The molecule has 2 aromatic rings. The van der Waals surface area contributed by atoms with E-state index in [-0.39, 0.29) is 24.1 Å². The number of carboxylic acid groups (broad SMARTS) is 1. The Morgan fingerprint density at radius 3 is 2.64 bits per heavy atom. The molecule has 7 heteroatoms. The van der Waals surface area contributed by atoms with Gasteiger partial charge in [-0.2, -0.15) is 0 Å². The first-order valence-electron chi connectivity index (χ1n) is 9.19. The second-order valence-corrected chi connectivity index (χ2v) is 7.05. The number of aromatic nitrogens is 1. The summed E-state index contributed by atoms with van der Waals surface area (Å²) in [4.78, 5) is 30.0. The maximum atomic E-state index is 13.1. The smallest absolute Gasteiger partial charge is 0.335 e. The van der Waals surface area contributed by atoms with Crippen molar-refractivity contribution in [2.45, 2.75) is 18.4 Å². The van der Waals surface area contributed by atoms with Crippen LogP contribution in [0.25, 0.3) is 0 Å². The van der Waals surface area contributed by atoms with Crippen LogP contribution in [0, 0.1) is 0 Å². The van der Waals surface area contributed by atoms with Crippen LogP contribution in [-0.4, -0.2) is 51.7 Å². The summed E-state index contributed by atoms with van der Waals surface area (Å²) in [5, 5.41) is 21.8. The summed E-state index contributed by atoms with van der Waals surface area (Å²) in [7, 11) is 0. The van der Waals surface area contributed by atoms with Gasteiger partial charge >= 0.3 is 5.97 Å². The number of amides is 1. The van der Waals surface area contributed by atoms with Gasteiger partial charge in [0.2, 0.25) is 5.91 Å². The monoisotopic (exact) mass is 379 g/mol. The molecule has 2 aliphatic rings. The van der Waals surface area contributed by atoms with Gasteiger partial charge in [0, 0.05) is 31.2 Å². The molecular weight excluding hydrogens is 358 g/mol. The predicted molar refractivity (Wildman–Crippen MR) is 102 cm³/mol. The van der Waals surface area contributed by atoms with E-state index in [9.17, 15) is 14.7 Å². The second kappa shape index (κ2) is 7.44. The third kappa shape index (κ3) is 3.25. The van der Waals surface area contributed by atoms with E-state index in [0.717, 1.165) is 22.4 Å². The van der Waals surface area contributed by atoms with Gasteiger partial charge in [0.25, 0.3) is 0 Å². The zero-order valence-electron chi connectivity index (χ0n) is 15.2. The van der Waals surface area contributed by atoms with Crippen molar-refractivity contribution in [3.05, 3.63) is 76.8 Å². The van der Waals surface area contributed by atoms with Crippen LogP contribution < -0.4 is 5.32 Å². The van der Waals surface area contributed by atoms with E-state index < -0.39 is 11.9 Å². The fourth-order valence-corrected chi connectivity index (χ4v) is 3.86. The van der Waals surface area contributed by atoms with Gasteiger partial charge in [-0.3, -0.25) is 9.78 Å². The van der Waals surface area contributed by atoms with Gasteiger partial charge in [-0.05, 0) is 41.3 Å². The molecule has 0 fully saturated rings. The lowest BCUT2D eigenvalue weighted by molar-refractivity contribution is -0.132. The zero-order chi connectivity index (χ0) is 19.7. The molecule has 0 saturated heterocycles. The van der Waals surface area contributed by atoms with Crippen molar-refractivity contribution < 1.29 is 19.8 Å². The highest BCUT2D eigenvalue weighted by molar-refractivity contribution is 5.87. The van der Waals surface area contributed by atoms with Crippen LogP contribution in [0.15, 0.2) is 60.1 Å². The Kier molecular flexibility index (Phi) is 4.83. The number of nitrogens with zero attached hydrogens (tertiary/aromatic N) is 2. The van der Waals surface area contributed by atoms with Crippen LogP contribution in [0.2, 0.25) is 0 Å². The number of hydrogen-bond donors (Lipinski definition) is 3. The highest BCUT2D eigenvalue weighted by Gasteiger charge is 2.40. The standard InChI is InChI=1S/C21H21N3O4/c25-9-7-16(15-2-1-8-22-10-15)20(26)24-11-17-18(12-24)23-19(17)13-3-5-14(6-4-13)21(27)28/h1-6,8,10,16,19,23,25H,7,9,11-12H2,(H,27,28). The van der Waals surface area contributed by atoms with E-state index in [0.29, 0.717) is 19.5 Å². The highest BCUT2D eigenvalue weighted by Crippen LogP contribution is 2.39. The molecule has 2 atom stereocenters. The van der Waals surface area contributed by atoms with Crippen LogP contribution in [0.4, 0.5) is 0 Å². The molecule has 2 unspecified atom stereocenters. The largest absolute Gasteiger partial charge is 0.478 e. The minimum atomic E-state index is -0.948. The summed E-state index contributed by atoms with van der Waals surface area (Å²) in [5.74, 6) is -1.38. The van der Waals surface area contributed by atoms with Crippen LogP contribution >= 0.6 is 0 Å². The van der Waals surface area contributed by atoms with Gasteiger partial charge in [-0.25, -0.2) is 4.79 Å². The number of nitrogens with one attached hydrogen (secondary N) is 1. The van der Waals surface area contributed by atoms with Gasteiger partial charge in [0.15, 0.2) is 0 Å². The molecule has 1 aromatic carbocycles. The van der Waals surface area contributed by atoms with Crippen LogP contribution in [-0.2, 0) is 4.79 Å². The number of rotatable bonds is 6. The van der Waals surface area contributed by atoms with Gasteiger partial charge in [-0.15, -0.1) is 0 Å². The van der Waals surface area contributed by atoms with Crippen LogP contribution in [0.3, 0.4) is 0 Å². The van der Waals surface area contributed by atoms with E-state index in [4.69, 9.17) is 5.11 Å². The Balaban J connectivity index is 1.46. The Morgan fingerprint density at radius 2 is 2.00 bits per heavy atom. The summed E-state index contributed by atoms with van der Waals surface area (Å²) in [6.07, 6.45) is 3.70. The first-order valence-corrected chi connectivity index (χ1v) is 9.19. The number of benzene rings is 1. The average Bonchev–Trinajstić information content (AvgIpc) is 3.03. The second-order valence-electron chi connectivity index (χ2n) is 7.05. The van der Waals surface area contributed by atoms with Crippen molar-refractivity contribution >= 4 is 11.9 Å². The maximum absolute atomic E-state index is 13.1. The Bertz CT molecular complexity index is 924. The molecule has 0 spiro atoms. The van der Waals surface area contributed by atoms with E-state index in [2.05, 4.69) is 10.3 Å². The minimum Gasteiger partial charge on any atom is -0.478 e. The fourth-order valence-electron chi connectivity index (χ4n) is 3.86. The molecule has 2 aliphatic heterocycles. The normalized spacial score (nSPS) is 18.9. The van der Waals surface area contributed by atoms with E-state index in [1.165, 1.54) is 0 Å². The minimum absolute atomic E-state index is 0.00493. The van der Waals surface area contributed by atoms with Crippen molar-refractivity contribution in [1.82, 2.24) is 15.2 Å². The first-order chi connectivity index (χ1) is 13.6. The molecule has 1 amide bonds. The van der Waals surface area contributed by atoms with Crippen molar-refractivity contribution in [2.24, 2.45) is 0 Å². The molecule has 144 valence electrons. The number of carboxylic acids is 1. The number of aliphatic hydroxyl groups is 1. The topological polar surface area (TPSA) is 103 Å². The maximum Gasteiger partial charge on any atom is 0.335 e. The third-order valence-electron chi connectivity index (χ3n) is 5.37. The van der Waals surface area contributed by atoms with Gasteiger partial charge in [0.1, 0.15) is 0 Å². The van der Waals surface area contributed by atoms with Crippen LogP contribution in [0.5, 0.6) is 0 Å². The summed E-state index contributed by atoms with van der Waals surface area (Å²) >= 11 is 0. The van der Waals surface area contributed by atoms with Crippen molar-refractivity contribution in [1.29, 1.82) is 0 Å². The summed E-state index contributed by atoms with van der Waals surface area (Å²) < 4.78 is 0. The van der Waals surface area contributed by atoms with Gasteiger partial charge in [-0.1, -0.05) is 18.2 Å². The first kappa shape index (κ1) is 18.2. The average molecular weight is 379 g/mol. The summed E-state index contributed by atoms with van der Waals surface area (Å²) in [6.45, 7) is 0.998. The van der Waals surface area contributed by atoms with Crippen molar-refractivity contribution in [3.8, 4) is 0 Å². The molecule has 28 heavy (non-hydrogen) atoms. The summed E-state index contributed by atoms with van der Waals surface area (Å²) in [5.41, 5.74) is 4.26. The lowest BCUT2D eigenvalue weighted by Gasteiger charge is -2.31. The SMILES string of the molecule is O=C(O)c1ccc(C2NC3=C2CN(C(=O)C(CCO)c2cccnc2)C3)cc1. The number of carbonyl (C=O) groups is 2. The third-order valence-corrected chi connectivity index (χ3v) is 5.37. The highest BCUT2D eigenvalue weighted by atomic mass is 16.4. The Morgan fingerprint density at radius 1 is 1.21 bits per heavy atom.